The average Bonchev–Trinajstić information content (AvgIpc) is 2.68. The molecule has 1 fully saturated rings. The fraction of sp³-hybridized carbons (Fsp3) is 0.364. The molecular formula is C22H23N5. The third kappa shape index (κ3) is 3.17. The van der Waals surface area contributed by atoms with Crippen LogP contribution in [0.4, 0.5) is 0 Å². The molecule has 1 aliphatic rings. The Balaban J connectivity index is 1.83. The number of nitriles is 1. The van der Waals surface area contributed by atoms with Gasteiger partial charge < -0.3 is 4.90 Å². The van der Waals surface area contributed by atoms with Crippen LogP contribution >= 0.6 is 0 Å². The van der Waals surface area contributed by atoms with Crippen molar-refractivity contribution < 1.29 is 0 Å². The monoisotopic (exact) mass is 357 g/mol. The number of rotatable bonds is 2. The summed E-state index contributed by atoms with van der Waals surface area (Å²) in [5.41, 5.74) is 6.48. The number of nitrogens with zero attached hydrogens (tertiary/aromatic N) is 5. The molecule has 2 aromatic heterocycles. The molecule has 5 heteroatoms. The van der Waals surface area contributed by atoms with E-state index in [4.69, 9.17) is 5.26 Å². The van der Waals surface area contributed by atoms with Crippen LogP contribution in [0.25, 0.3) is 22.3 Å². The van der Waals surface area contributed by atoms with E-state index in [0.717, 1.165) is 40.0 Å². The van der Waals surface area contributed by atoms with Gasteiger partial charge in [-0.1, -0.05) is 18.2 Å². The minimum absolute atomic E-state index is 0.502. The van der Waals surface area contributed by atoms with Gasteiger partial charge in [0, 0.05) is 18.1 Å². The molecule has 0 bridgehead atoms. The second kappa shape index (κ2) is 7.05. The highest BCUT2D eigenvalue weighted by Crippen LogP contribution is 2.34. The molecule has 136 valence electrons. The first kappa shape index (κ1) is 17.6. The van der Waals surface area contributed by atoms with E-state index >= 15 is 0 Å². The zero-order chi connectivity index (χ0) is 19.0. The number of fused-ring (bicyclic) bond motifs is 1. The van der Waals surface area contributed by atoms with Crippen LogP contribution in [0.3, 0.4) is 0 Å². The van der Waals surface area contributed by atoms with Gasteiger partial charge in [0.05, 0.1) is 16.8 Å². The predicted octanol–water partition coefficient (Wildman–Crippen LogP) is 3.99. The molecule has 0 aliphatic carbocycles. The first-order chi connectivity index (χ1) is 13.1. The van der Waals surface area contributed by atoms with Crippen molar-refractivity contribution in [2.75, 3.05) is 20.1 Å². The van der Waals surface area contributed by atoms with Crippen LogP contribution in [0.5, 0.6) is 0 Å². The lowest BCUT2D eigenvalue weighted by molar-refractivity contribution is 0.251. The Morgan fingerprint density at radius 2 is 2.04 bits per heavy atom. The quantitative estimate of drug-likeness (QED) is 0.694. The summed E-state index contributed by atoms with van der Waals surface area (Å²) in [6.07, 6.45) is 4.01. The van der Waals surface area contributed by atoms with E-state index in [2.05, 4.69) is 58.3 Å². The van der Waals surface area contributed by atoms with Crippen LogP contribution in [-0.2, 0) is 0 Å². The average molecular weight is 357 g/mol. The highest BCUT2D eigenvalue weighted by atomic mass is 15.1. The van der Waals surface area contributed by atoms with E-state index < -0.39 is 0 Å². The molecule has 3 aromatic rings. The summed E-state index contributed by atoms with van der Waals surface area (Å²) in [6, 6.07) is 10.4. The fourth-order valence-corrected chi connectivity index (χ4v) is 4.14. The summed E-state index contributed by atoms with van der Waals surface area (Å²) in [4.78, 5) is 6.87. The number of aryl methyl sites for hydroxylation is 2. The number of likely N-dealkylation sites (tertiary alicyclic amines) is 1. The van der Waals surface area contributed by atoms with E-state index in [1.165, 1.54) is 24.9 Å². The maximum Gasteiger partial charge on any atom is 0.115 e. The number of likely N-dealkylation sites (N-methyl/N-ethyl adjacent to an activating group) is 1. The molecule has 0 spiro atoms. The van der Waals surface area contributed by atoms with Crippen LogP contribution in [0.15, 0.2) is 30.5 Å². The zero-order valence-corrected chi connectivity index (χ0v) is 16.0. The SMILES string of the molecule is Cc1cc(C#N)cnc1-c1nnc2c(C3CCCN(C)C3)cccc2c1C. The van der Waals surface area contributed by atoms with Crippen LogP contribution in [0.1, 0.15) is 41.0 Å². The summed E-state index contributed by atoms with van der Waals surface area (Å²) in [5.74, 6) is 0.502. The van der Waals surface area contributed by atoms with Gasteiger partial charge in [0.15, 0.2) is 0 Å². The second-order valence-corrected chi connectivity index (χ2v) is 7.52. The molecule has 1 atom stereocenters. The lowest BCUT2D eigenvalue weighted by atomic mass is 9.88. The third-order valence-electron chi connectivity index (χ3n) is 5.57. The number of hydrogen-bond donors (Lipinski definition) is 0. The minimum Gasteiger partial charge on any atom is -0.306 e. The van der Waals surface area contributed by atoms with Gasteiger partial charge in [0.25, 0.3) is 0 Å². The molecule has 1 saturated heterocycles. The van der Waals surface area contributed by atoms with Crippen molar-refractivity contribution in [2.24, 2.45) is 0 Å². The second-order valence-electron chi connectivity index (χ2n) is 7.52. The largest absolute Gasteiger partial charge is 0.306 e. The molecule has 0 amide bonds. The molecule has 5 nitrogen and oxygen atoms in total. The van der Waals surface area contributed by atoms with E-state index in [-0.39, 0.29) is 0 Å². The number of hydrogen-bond acceptors (Lipinski definition) is 5. The van der Waals surface area contributed by atoms with Gasteiger partial charge >= 0.3 is 0 Å². The molecule has 0 radical (unpaired) electrons. The lowest BCUT2D eigenvalue weighted by Crippen LogP contribution is -2.31. The lowest BCUT2D eigenvalue weighted by Gasteiger charge is -2.30. The van der Waals surface area contributed by atoms with Crippen LogP contribution in [-0.4, -0.2) is 40.2 Å². The van der Waals surface area contributed by atoms with Gasteiger partial charge in [-0.15, -0.1) is 10.2 Å². The Morgan fingerprint density at radius 1 is 1.19 bits per heavy atom. The normalized spacial score (nSPS) is 17.8. The van der Waals surface area contributed by atoms with Gasteiger partial charge in [-0.05, 0) is 69.0 Å². The predicted molar refractivity (Wildman–Crippen MR) is 106 cm³/mol. The Labute approximate surface area is 159 Å². The molecule has 27 heavy (non-hydrogen) atoms. The number of benzene rings is 1. The molecule has 4 rings (SSSR count). The highest BCUT2D eigenvalue weighted by Gasteiger charge is 2.22. The number of piperidine rings is 1. The molecule has 1 aliphatic heterocycles. The fourth-order valence-electron chi connectivity index (χ4n) is 4.14. The van der Waals surface area contributed by atoms with Gasteiger partial charge in [0.1, 0.15) is 11.8 Å². The van der Waals surface area contributed by atoms with Gasteiger partial charge in [-0.3, -0.25) is 4.98 Å². The van der Waals surface area contributed by atoms with Gasteiger partial charge in [-0.2, -0.15) is 5.26 Å². The molecule has 0 N–H and O–H groups in total. The van der Waals surface area contributed by atoms with Crippen molar-refractivity contribution in [3.63, 3.8) is 0 Å². The molecule has 3 heterocycles. The van der Waals surface area contributed by atoms with Crippen molar-refractivity contribution >= 4 is 10.9 Å². The van der Waals surface area contributed by atoms with E-state index in [0.29, 0.717) is 11.5 Å². The summed E-state index contributed by atoms with van der Waals surface area (Å²) >= 11 is 0. The Kier molecular flexibility index (Phi) is 4.59. The van der Waals surface area contributed by atoms with Gasteiger partial charge in [-0.25, -0.2) is 0 Å². The van der Waals surface area contributed by atoms with Crippen LogP contribution in [0.2, 0.25) is 0 Å². The third-order valence-corrected chi connectivity index (χ3v) is 5.57. The standard InChI is InChI=1S/C22H23N5/c1-14-10-16(11-23)12-24-20(14)21-15(2)18-7-4-8-19(22(18)26-25-21)17-6-5-9-27(3)13-17/h4,7-8,10,12,17H,5-6,9,13H2,1-3H3. The Morgan fingerprint density at radius 3 is 2.78 bits per heavy atom. The summed E-state index contributed by atoms with van der Waals surface area (Å²) in [7, 11) is 2.19. The molecule has 1 unspecified atom stereocenters. The topological polar surface area (TPSA) is 65.7 Å². The van der Waals surface area contributed by atoms with Crippen LogP contribution in [0, 0.1) is 25.2 Å². The Hall–Kier alpha value is -2.84. The zero-order valence-electron chi connectivity index (χ0n) is 16.0. The first-order valence-electron chi connectivity index (χ1n) is 9.40. The maximum absolute atomic E-state index is 9.07. The molecular weight excluding hydrogens is 334 g/mol. The summed E-state index contributed by atoms with van der Waals surface area (Å²) < 4.78 is 0. The van der Waals surface area contributed by atoms with Crippen molar-refractivity contribution in [1.29, 1.82) is 5.26 Å². The molecule has 1 aromatic carbocycles. The van der Waals surface area contributed by atoms with Gasteiger partial charge in [0.2, 0.25) is 0 Å². The van der Waals surface area contributed by atoms with E-state index in [1.807, 2.05) is 13.0 Å². The maximum atomic E-state index is 9.07. The minimum atomic E-state index is 0.502. The van der Waals surface area contributed by atoms with Crippen molar-refractivity contribution in [3.05, 3.63) is 52.7 Å². The van der Waals surface area contributed by atoms with Crippen LogP contribution < -0.4 is 0 Å². The van der Waals surface area contributed by atoms with Crippen molar-refractivity contribution in [1.82, 2.24) is 20.1 Å². The van der Waals surface area contributed by atoms with E-state index in [1.54, 1.807) is 6.20 Å². The summed E-state index contributed by atoms with van der Waals surface area (Å²) in [6.45, 7) is 6.28. The number of aromatic nitrogens is 3. The molecule has 0 saturated carbocycles. The Bertz CT molecular complexity index is 1050. The summed E-state index contributed by atoms with van der Waals surface area (Å²) in [5, 5.41) is 19.4. The van der Waals surface area contributed by atoms with E-state index in [9.17, 15) is 0 Å². The number of pyridine rings is 1. The highest BCUT2D eigenvalue weighted by molar-refractivity contribution is 5.89. The first-order valence-corrected chi connectivity index (χ1v) is 9.40. The van der Waals surface area contributed by atoms with Crippen molar-refractivity contribution in [2.45, 2.75) is 32.6 Å². The van der Waals surface area contributed by atoms with Crippen molar-refractivity contribution in [3.8, 4) is 17.5 Å². The smallest absolute Gasteiger partial charge is 0.115 e.